The highest BCUT2D eigenvalue weighted by Crippen LogP contribution is 2.44. The molecule has 0 unspecified atom stereocenters. The van der Waals surface area contributed by atoms with Crippen LogP contribution in [0.4, 0.5) is 0 Å². The van der Waals surface area contributed by atoms with E-state index in [1.165, 1.54) is 0 Å². The molecular formula is C14H18Cl2O3. The van der Waals surface area contributed by atoms with Crippen LogP contribution in [0, 0.1) is 5.41 Å². The van der Waals surface area contributed by atoms with E-state index in [-0.39, 0.29) is 5.41 Å². The van der Waals surface area contributed by atoms with Crippen LogP contribution in [0.1, 0.15) is 26.3 Å². The Morgan fingerprint density at radius 1 is 0.895 bits per heavy atom. The van der Waals surface area contributed by atoms with Gasteiger partial charge < -0.3 is 14.2 Å². The molecule has 3 aliphatic heterocycles. The fourth-order valence-electron chi connectivity index (χ4n) is 2.04. The van der Waals surface area contributed by atoms with E-state index in [0.717, 1.165) is 0 Å². The largest absolute Gasteiger partial charge is 0.323 e. The predicted molar refractivity (Wildman–Crippen MR) is 75.5 cm³/mol. The van der Waals surface area contributed by atoms with Gasteiger partial charge in [-0.25, -0.2) is 0 Å². The molecule has 0 saturated carbocycles. The maximum Gasteiger partial charge on any atom is 0.312 e. The normalized spacial score (nSPS) is 32.7. The van der Waals surface area contributed by atoms with E-state index in [9.17, 15) is 0 Å². The second kappa shape index (κ2) is 5.58. The van der Waals surface area contributed by atoms with Crippen LogP contribution < -0.4 is 0 Å². The fourth-order valence-corrected chi connectivity index (χ4v) is 2.56. The summed E-state index contributed by atoms with van der Waals surface area (Å²) in [4.78, 5) is 0. The van der Waals surface area contributed by atoms with Gasteiger partial charge >= 0.3 is 5.97 Å². The van der Waals surface area contributed by atoms with E-state index in [4.69, 9.17) is 37.4 Å². The number of ether oxygens (including phenoxy) is 3. The lowest BCUT2D eigenvalue weighted by Crippen LogP contribution is -2.57. The molecule has 2 bridgehead atoms. The van der Waals surface area contributed by atoms with Gasteiger partial charge in [0.2, 0.25) is 0 Å². The standard InChI is InChI=1S/C12H12Cl2O3.C2H6/c1-11-5-15-12(16-6-11,17-7-11)8-2-9(13)4-10(14)3-8;1-2/h2-4H,5-7H2,1H3;1-2H3. The van der Waals surface area contributed by atoms with Crippen LogP contribution in [0.25, 0.3) is 0 Å². The van der Waals surface area contributed by atoms with Crippen molar-refractivity contribution in [3.05, 3.63) is 33.8 Å². The third-order valence-corrected chi connectivity index (χ3v) is 3.48. The summed E-state index contributed by atoms with van der Waals surface area (Å²) in [6, 6.07) is 5.17. The monoisotopic (exact) mass is 304 g/mol. The van der Waals surface area contributed by atoms with Gasteiger partial charge in [-0.15, -0.1) is 0 Å². The van der Waals surface area contributed by atoms with Crippen molar-refractivity contribution in [2.75, 3.05) is 19.8 Å². The number of benzene rings is 1. The van der Waals surface area contributed by atoms with Crippen molar-refractivity contribution < 1.29 is 14.2 Å². The molecule has 5 heteroatoms. The molecule has 19 heavy (non-hydrogen) atoms. The molecule has 3 heterocycles. The quantitative estimate of drug-likeness (QED) is 0.778. The van der Waals surface area contributed by atoms with Crippen LogP contribution in [-0.2, 0) is 20.2 Å². The van der Waals surface area contributed by atoms with E-state index in [1.807, 2.05) is 13.8 Å². The molecule has 0 spiro atoms. The van der Waals surface area contributed by atoms with Gasteiger partial charge in [-0.3, -0.25) is 0 Å². The Labute approximate surface area is 123 Å². The summed E-state index contributed by atoms with van der Waals surface area (Å²) in [6.07, 6.45) is 0. The highest BCUT2D eigenvalue weighted by molar-refractivity contribution is 6.34. The summed E-state index contributed by atoms with van der Waals surface area (Å²) in [5.41, 5.74) is 0.654. The number of rotatable bonds is 1. The van der Waals surface area contributed by atoms with Crippen LogP contribution in [0.3, 0.4) is 0 Å². The molecule has 4 rings (SSSR count). The van der Waals surface area contributed by atoms with E-state index < -0.39 is 5.97 Å². The summed E-state index contributed by atoms with van der Waals surface area (Å²) in [5.74, 6) is -1.13. The zero-order chi connectivity index (χ0) is 14.1. The first-order valence-corrected chi connectivity index (χ1v) is 7.16. The van der Waals surface area contributed by atoms with Crippen molar-refractivity contribution in [3.8, 4) is 0 Å². The molecule has 0 aromatic heterocycles. The molecule has 0 atom stereocenters. The van der Waals surface area contributed by atoms with Gasteiger partial charge in [0.05, 0.1) is 19.8 Å². The van der Waals surface area contributed by atoms with Crippen molar-refractivity contribution in [2.24, 2.45) is 5.41 Å². The first kappa shape index (κ1) is 15.1. The zero-order valence-electron chi connectivity index (χ0n) is 11.3. The maximum absolute atomic E-state index is 5.98. The Balaban J connectivity index is 0.000000637. The van der Waals surface area contributed by atoms with Gasteiger partial charge in [-0.1, -0.05) is 44.0 Å². The fraction of sp³-hybridized carbons (Fsp3) is 0.571. The molecule has 3 fully saturated rings. The van der Waals surface area contributed by atoms with Gasteiger partial charge in [0.1, 0.15) is 0 Å². The van der Waals surface area contributed by atoms with Crippen LogP contribution in [0.5, 0.6) is 0 Å². The molecule has 1 aromatic carbocycles. The third kappa shape index (κ3) is 2.91. The van der Waals surface area contributed by atoms with Gasteiger partial charge in [0, 0.05) is 21.0 Å². The Bertz CT molecular complexity index is 417. The first-order chi connectivity index (χ1) is 9.01. The van der Waals surface area contributed by atoms with Crippen molar-refractivity contribution in [1.82, 2.24) is 0 Å². The minimum Gasteiger partial charge on any atom is -0.323 e. The average molecular weight is 305 g/mol. The summed E-state index contributed by atoms with van der Waals surface area (Å²) >= 11 is 12.0. The zero-order valence-corrected chi connectivity index (χ0v) is 12.8. The second-order valence-corrected chi connectivity index (χ2v) is 5.76. The number of hydrogen-bond acceptors (Lipinski definition) is 3. The topological polar surface area (TPSA) is 27.7 Å². The Morgan fingerprint density at radius 2 is 1.32 bits per heavy atom. The minimum absolute atomic E-state index is 0.0515. The maximum atomic E-state index is 5.98. The van der Waals surface area contributed by atoms with Gasteiger partial charge in [-0.05, 0) is 18.2 Å². The summed E-state index contributed by atoms with van der Waals surface area (Å²) in [6.45, 7) is 7.90. The van der Waals surface area contributed by atoms with Crippen LogP contribution in [-0.4, -0.2) is 19.8 Å². The predicted octanol–water partition coefficient (Wildman–Crippen LogP) is 4.21. The lowest BCUT2D eigenvalue weighted by molar-refractivity contribution is -0.477. The van der Waals surface area contributed by atoms with Gasteiger partial charge in [-0.2, -0.15) is 0 Å². The molecular weight excluding hydrogens is 287 g/mol. The first-order valence-electron chi connectivity index (χ1n) is 6.40. The lowest BCUT2D eigenvalue weighted by Gasteiger charge is -2.50. The minimum atomic E-state index is -1.13. The van der Waals surface area contributed by atoms with E-state index in [0.29, 0.717) is 35.4 Å². The Morgan fingerprint density at radius 3 is 1.74 bits per heavy atom. The molecule has 1 aromatic rings. The van der Waals surface area contributed by atoms with Crippen LogP contribution in [0.15, 0.2) is 18.2 Å². The van der Waals surface area contributed by atoms with Crippen LogP contribution in [0.2, 0.25) is 10.0 Å². The van der Waals surface area contributed by atoms with E-state index >= 15 is 0 Å². The van der Waals surface area contributed by atoms with Gasteiger partial charge in [0.15, 0.2) is 0 Å². The molecule has 0 aliphatic carbocycles. The van der Waals surface area contributed by atoms with Crippen molar-refractivity contribution in [2.45, 2.75) is 26.7 Å². The summed E-state index contributed by atoms with van der Waals surface area (Å²) in [5, 5.41) is 1.08. The van der Waals surface area contributed by atoms with Gasteiger partial charge in [0.25, 0.3) is 0 Å². The smallest absolute Gasteiger partial charge is 0.312 e. The summed E-state index contributed by atoms with van der Waals surface area (Å²) < 4.78 is 17.1. The second-order valence-electron chi connectivity index (χ2n) is 4.89. The Kier molecular flexibility index (Phi) is 4.43. The number of fused-ring (bicyclic) bond motifs is 3. The Hall–Kier alpha value is -0.320. The molecule has 106 valence electrons. The molecule has 3 aliphatic rings. The SMILES string of the molecule is CC.CC12COC(c3cc(Cl)cc(Cl)c3)(OC1)OC2. The molecule has 3 nitrogen and oxygen atoms in total. The third-order valence-electron chi connectivity index (χ3n) is 3.05. The lowest BCUT2D eigenvalue weighted by atomic mass is 9.91. The average Bonchev–Trinajstić information content (AvgIpc) is 2.41. The number of halogens is 2. The number of hydrogen-bond donors (Lipinski definition) is 0. The molecule has 3 saturated heterocycles. The van der Waals surface area contributed by atoms with Crippen molar-refractivity contribution in [1.29, 1.82) is 0 Å². The van der Waals surface area contributed by atoms with Crippen molar-refractivity contribution in [3.63, 3.8) is 0 Å². The highest BCUT2D eigenvalue weighted by atomic mass is 35.5. The highest BCUT2D eigenvalue weighted by Gasteiger charge is 2.51. The molecule has 0 amide bonds. The van der Waals surface area contributed by atoms with E-state index in [2.05, 4.69) is 6.92 Å². The molecule has 0 radical (unpaired) electrons. The van der Waals surface area contributed by atoms with E-state index in [1.54, 1.807) is 18.2 Å². The van der Waals surface area contributed by atoms with Crippen molar-refractivity contribution >= 4 is 23.2 Å². The van der Waals surface area contributed by atoms with Crippen LogP contribution >= 0.6 is 23.2 Å². The molecule has 0 N–H and O–H groups in total. The summed E-state index contributed by atoms with van der Waals surface area (Å²) in [7, 11) is 0.